The molecule has 0 radical (unpaired) electrons. The third kappa shape index (κ3) is 3.49. The van der Waals surface area contributed by atoms with Crippen LogP contribution in [0.25, 0.3) is 0 Å². The lowest BCUT2D eigenvalue weighted by atomic mass is 9.70. The Morgan fingerprint density at radius 2 is 1.73 bits per heavy atom. The van der Waals surface area contributed by atoms with Gasteiger partial charge in [0.15, 0.2) is 0 Å². The minimum Gasteiger partial charge on any atom is -0.383 e. The second-order valence-corrected chi connectivity index (χ2v) is 4.84. The summed E-state index contributed by atoms with van der Waals surface area (Å²) in [5, 5.41) is 2.92. The van der Waals surface area contributed by atoms with E-state index in [1.165, 1.54) is 0 Å². The number of carbonyl (C=O) groups is 1. The maximum absolute atomic E-state index is 12.1. The highest BCUT2D eigenvalue weighted by molar-refractivity contribution is 5.82. The van der Waals surface area contributed by atoms with E-state index in [4.69, 9.17) is 4.74 Å². The highest BCUT2D eigenvalue weighted by Gasteiger charge is 2.39. The Bertz CT molecular complexity index is 192. The average Bonchev–Trinajstić information content (AvgIpc) is 2.15. The first-order chi connectivity index (χ1) is 6.87. The number of ether oxygens (including phenoxy) is 1. The fourth-order valence-corrected chi connectivity index (χ4v) is 1.65. The van der Waals surface area contributed by atoms with Gasteiger partial charge < -0.3 is 10.1 Å². The molecule has 0 saturated carbocycles. The summed E-state index contributed by atoms with van der Waals surface area (Å²) < 4.78 is 4.91. The van der Waals surface area contributed by atoms with E-state index in [0.717, 1.165) is 0 Å². The van der Waals surface area contributed by atoms with E-state index in [2.05, 4.69) is 33.0 Å². The Hall–Kier alpha value is -0.570. The summed E-state index contributed by atoms with van der Waals surface area (Å²) in [5.41, 5.74) is -0.298. The number of methoxy groups -OCH3 is 1. The average molecular weight is 215 g/mol. The van der Waals surface area contributed by atoms with Crippen LogP contribution >= 0.6 is 0 Å². The largest absolute Gasteiger partial charge is 0.383 e. The second-order valence-electron chi connectivity index (χ2n) is 4.84. The summed E-state index contributed by atoms with van der Waals surface area (Å²) in [6, 6.07) is 0. The van der Waals surface area contributed by atoms with E-state index in [1.807, 2.05) is 6.92 Å². The molecule has 0 rings (SSSR count). The first-order valence-electron chi connectivity index (χ1n) is 5.64. The quantitative estimate of drug-likeness (QED) is 0.689. The lowest BCUT2D eigenvalue weighted by Gasteiger charge is -2.36. The van der Waals surface area contributed by atoms with Crippen molar-refractivity contribution < 1.29 is 9.53 Å². The van der Waals surface area contributed by atoms with E-state index < -0.39 is 0 Å². The van der Waals surface area contributed by atoms with Crippen molar-refractivity contribution in [3.8, 4) is 0 Å². The highest BCUT2D eigenvalue weighted by atomic mass is 16.5. The zero-order chi connectivity index (χ0) is 12.1. The summed E-state index contributed by atoms with van der Waals surface area (Å²) in [6.45, 7) is 11.6. The monoisotopic (exact) mass is 215 g/mol. The van der Waals surface area contributed by atoms with Gasteiger partial charge in [-0.3, -0.25) is 4.79 Å². The molecule has 0 fully saturated rings. The van der Waals surface area contributed by atoms with Gasteiger partial charge in [0.1, 0.15) is 0 Å². The van der Waals surface area contributed by atoms with Gasteiger partial charge in [-0.15, -0.1) is 0 Å². The van der Waals surface area contributed by atoms with E-state index in [9.17, 15) is 4.79 Å². The molecule has 0 spiro atoms. The standard InChI is InChI=1S/C12H25NO2/c1-9(2)12(5,10(3)4)11(14)13-7-8-15-6/h9-10H,7-8H2,1-6H3,(H,13,14). The van der Waals surface area contributed by atoms with Gasteiger partial charge in [-0.25, -0.2) is 0 Å². The van der Waals surface area contributed by atoms with Crippen molar-refractivity contribution in [1.82, 2.24) is 5.32 Å². The fourth-order valence-electron chi connectivity index (χ4n) is 1.65. The molecule has 0 heterocycles. The van der Waals surface area contributed by atoms with Crippen LogP contribution in [-0.2, 0) is 9.53 Å². The molecule has 0 aliphatic rings. The molecule has 1 N–H and O–H groups in total. The van der Waals surface area contributed by atoms with Crippen LogP contribution in [0, 0.1) is 17.3 Å². The molecule has 0 aliphatic heterocycles. The van der Waals surface area contributed by atoms with Crippen LogP contribution in [0.2, 0.25) is 0 Å². The molecule has 3 heteroatoms. The van der Waals surface area contributed by atoms with Gasteiger partial charge in [-0.2, -0.15) is 0 Å². The molecule has 90 valence electrons. The summed E-state index contributed by atoms with van der Waals surface area (Å²) in [6.07, 6.45) is 0. The number of nitrogens with one attached hydrogen (secondary N) is 1. The van der Waals surface area contributed by atoms with Crippen molar-refractivity contribution in [2.45, 2.75) is 34.6 Å². The van der Waals surface area contributed by atoms with Gasteiger partial charge in [0.25, 0.3) is 0 Å². The van der Waals surface area contributed by atoms with Crippen LogP contribution in [-0.4, -0.2) is 26.2 Å². The van der Waals surface area contributed by atoms with Gasteiger partial charge in [-0.05, 0) is 11.8 Å². The zero-order valence-electron chi connectivity index (χ0n) is 10.9. The van der Waals surface area contributed by atoms with Crippen molar-refractivity contribution >= 4 is 5.91 Å². The predicted octanol–water partition coefficient (Wildman–Crippen LogP) is 2.07. The third-order valence-electron chi connectivity index (χ3n) is 3.48. The van der Waals surface area contributed by atoms with E-state index in [1.54, 1.807) is 7.11 Å². The Kier molecular flexibility index (Phi) is 5.88. The fraction of sp³-hybridized carbons (Fsp3) is 0.917. The number of amides is 1. The minimum absolute atomic E-state index is 0.129. The number of rotatable bonds is 6. The van der Waals surface area contributed by atoms with Crippen LogP contribution in [0.15, 0.2) is 0 Å². The molecule has 0 aromatic rings. The van der Waals surface area contributed by atoms with Crippen LogP contribution < -0.4 is 5.32 Å². The van der Waals surface area contributed by atoms with Gasteiger partial charge in [0, 0.05) is 13.7 Å². The smallest absolute Gasteiger partial charge is 0.226 e. The first kappa shape index (κ1) is 14.4. The molecule has 1 amide bonds. The molecule has 0 saturated heterocycles. The van der Waals surface area contributed by atoms with E-state index >= 15 is 0 Å². The molecule has 3 nitrogen and oxygen atoms in total. The van der Waals surface area contributed by atoms with Crippen LogP contribution in [0.5, 0.6) is 0 Å². The first-order valence-corrected chi connectivity index (χ1v) is 5.64. The highest BCUT2D eigenvalue weighted by Crippen LogP contribution is 2.35. The van der Waals surface area contributed by atoms with Gasteiger partial charge in [0.2, 0.25) is 5.91 Å². The van der Waals surface area contributed by atoms with Crippen LogP contribution in [0.4, 0.5) is 0 Å². The molecule has 0 aromatic carbocycles. The maximum atomic E-state index is 12.1. The zero-order valence-corrected chi connectivity index (χ0v) is 10.9. The van der Waals surface area contributed by atoms with Crippen molar-refractivity contribution in [2.24, 2.45) is 17.3 Å². The predicted molar refractivity (Wildman–Crippen MR) is 62.7 cm³/mol. The molecule has 0 bridgehead atoms. The topological polar surface area (TPSA) is 38.3 Å². The second kappa shape index (κ2) is 6.11. The minimum atomic E-state index is -0.298. The van der Waals surface area contributed by atoms with Crippen LogP contribution in [0.3, 0.4) is 0 Å². The summed E-state index contributed by atoms with van der Waals surface area (Å²) >= 11 is 0. The van der Waals surface area contributed by atoms with Crippen LogP contribution in [0.1, 0.15) is 34.6 Å². The summed E-state index contributed by atoms with van der Waals surface area (Å²) in [5.74, 6) is 0.796. The Morgan fingerprint density at radius 3 is 2.07 bits per heavy atom. The Morgan fingerprint density at radius 1 is 1.27 bits per heavy atom. The Balaban J connectivity index is 4.44. The van der Waals surface area contributed by atoms with Crippen molar-refractivity contribution in [3.05, 3.63) is 0 Å². The molecule has 15 heavy (non-hydrogen) atoms. The van der Waals surface area contributed by atoms with Crippen molar-refractivity contribution in [2.75, 3.05) is 20.3 Å². The molecule has 0 aromatic heterocycles. The number of carbonyl (C=O) groups excluding carboxylic acids is 1. The summed E-state index contributed by atoms with van der Waals surface area (Å²) in [4.78, 5) is 12.1. The lowest BCUT2D eigenvalue weighted by Crippen LogP contribution is -2.46. The molecular formula is C12H25NO2. The van der Waals surface area contributed by atoms with E-state index in [0.29, 0.717) is 25.0 Å². The normalized spacial score (nSPS) is 12.3. The van der Waals surface area contributed by atoms with Crippen molar-refractivity contribution in [3.63, 3.8) is 0 Å². The third-order valence-corrected chi connectivity index (χ3v) is 3.48. The van der Waals surface area contributed by atoms with Gasteiger partial charge >= 0.3 is 0 Å². The van der Waals surface area contributed by atoms with Gasteiger partial charge in [-0.1, -0.05) is 34.6 Å². The summed E-state index contributed by atoms with van der Waals surface area (Å²) in [7, 11) is 1.64. The number of hydrogen-bond donors (Lipinski definition) is 1. The van der Waals surface area contributed by atoms with E-state index in [-0.39, 0.29) is 11.3 Å². The van der Waals surface area contributed by atoms with Gasteiger partial charge in [0.05, 0.1) is 12.0 Å². The van der Waals surface area contributed by atoms with Crippen molar-refractivity contribution in [1.29, 1.82) is 0 Å². The SMILES string of the molecule is COCCNC(=O)C(C)(C(C)C)C(C)C. The molecule has 0 atom stereocenters. The lowest BCUT2D eigenvalue weighted by molar-refractivity contribution is -0.135. The maximum Gasteiger partial charge on any atom is 0.226 e. The Labute approximate surface area is 93.6 Å². The molecular weight excluding hydrogens is 190 g/mol. The molecule has 0 unspecified atom stereocenters. The molecule has 0 aliphatic carbocycles. The number of hydrogen-bond acceptors (Lipinski definition) is 2.